The fourth-order valence-electron chi connectivity index (χ4n) is 2.26. The summed E-state index contributed by atoms with van der Waals surface area (Å²) < 4.78 is 38.5. The van der Waals surface area contributed by atoms with Crippen LogP contribution in [0, 0.1) is 0 Å². The highest BCUT2D eigenvalue weighted by atomic mass is 32.2. The van der Waals surface area contributed by atoms with Gasteiger partial charge in [0.15, 0.2) is 10.3 Å². The highest BCUT2D eigenvalue weighted by Gasteiger charge is 2.30. The van der Waals surface area contributed by atoms with Crippen LogP contribution in [0.25, 0.3) is 0 Å². The first-order chi connectivity index (χ1) is 11.9. The predicted molar refractivity (Wildman–Crippen MR) is 100 cm³/mol. The van der Waals surface area contributed by atoms with Gasteiger partial charge in [-0.05, 0) is 42.5 Å². The average Bonchev–Trinajstić information content (AvgIpc) is 3.03. The second kappa shape index (κ2) is 7.45. The van der Waals surface area contributed by atoms with Gasteiger partial charge in [0.25, 0.3) is 0 Å². The van der Waals surface area contributed by atoms with Gasteiger partial charge in [-0.1, -0.05) is 36.0 Å². The van der Waals surface area contributed by atoms with E-state index in [1.54, 1.807) is 22.7 Å². The lowest BCUT2D eigenvalue weighted by molar-refractivity contribution is -0.137. The zero-order valence-corrected chi connectivity index (χ0v) is 14.6. The summed E-state index contributed by atoms with van der Waals surface area (Å²) >= 11 is 6.93. The Kier molecular flexibility index (Phi) is 5.29. The molecule has 2 aromatic rings. The van der Waals surface area contributed by atoms with E-state index in [-0.39, 0.29) is 0 Å². The largest absolute Gasteiger partial charge is 0.416 e. The van der Waals surface area contributed by atoms with Gasteiger partial charge in [-0.25, -0.2) is 4.99 Å². The maximum atomic E-state index is 12.8. The average molecular weight is 381 g/mol. The molecule has 8 heteroatoms. The molecule has 1 N–H and O–H groups in total. The molecule has 25 heavy (non-hydrogen) atoms. The molecule has 1 aliphatic heterocycles. The van der Waals surface area contributed by atoms with Crippen LogP contribution in [0.4, 0.5) is 24.5 Å². The van der Waals surface area contributed by atoms with Crippen LogP contribution in [-0.4, -0.2) is 27.5 Å². The second-order valence-electron chi connectivity index (χ2n) is 5.24. The Labute approximate surface area is 152 Å². The number of hydrogen-bond donors (Lipinski definition) is 1. The van der Waals surface area contributed by atoms with Crippen LogP contribution in [0.2, 0.25) is 0 Å². The molecule has 130 valence electrons. The van der Waals surface area contributed by atoms with Crippen molar-refractivity contribution in [3.8, 4) is 0 Å². The Morgan fingerprint density at radius 3 is 2.60 bits per heavy atom. The zero-order valence-electron chi connectivity index (χ0n) is 13.0. The summed E-state index contributed by atoms with van der Waals surface area (Å²) in [6.45, 7) is 0.654. The van der Waals surface area contributed by atoms with E-state index in [4.69, 9.17) is 12.2 Å². The van der Waals surface area contributed by atoms with Crippen LogP contribution in [0.15, 0.2) is 59.6 Å². The van der Waals surface area contributed by atoms with Crippen molar-refractivity contribution in [2.45, 2.75) is 6.18 Å². The number of nitrogens with zero attached hydrogens (tertiary/aromatic N) is 2. The Hall–Kier alpha value is -2.06. The minimum atomic E-state index is -4.39. The summed E-state index contributed by atoms with van der Waals surface area (Å²) in [6.07, 6.45) is -4.39. The van der Waals surface area contributed by atoms with Crippen molar-refractivity contribution in [1.29, 1.82) is 0 Å². The Morgan fingerprint density at radius 2 is 1.88 bits per heavy atom. The smallest absolute Gasteiger partial charge is 0.332 e. The lowest BCUT2D eigenvalue weighted by Crippen LogP contribution is -2.35. The molecule has 1 saturated heterocycles. The lowest BCUT2D eigenvalue weighted by Gasteiger charge is -2.20. The molecule has 0 aromatic heterocycles. The molecule has 1 fully saturated rings. The quantitative estimate of drug-likeness (QED) is 0.729. The number of anilines is 1. The number of thioether (sulfide) groups is 1. The van der Waals surface area contributed by atoms with E-state index in [0.717, 1.165) is 28.7 Å². The molecule has 1 heterocycles. The molecule has 0 saturated carbocycles. The Bertz CT molecular complexity index is 791. The summed E-state index contributed by atoms with van der Waals surface area (Å²) in [5.41, 5.74) is 0.392. The maximum Gasteiger partial charge on any atom is 0.416 e. The van der Waals surface area contributed by atoms with Gasteiger partial charge < -0.3 is 5.32 Å². The first kappa shape index (κ1) is 17.8. The summed E-state index contributed by atoms with van der Waals surface area (Å²) in [6, 6.07) is 14.4. The maximum absolute atomic E-state index is 12.8. The van der Waals surface area contributed by atoms with Crippen molar-refractivity contribution < 1.29 is 13.2 Å². The van der Waals surface area contributed by atoms with Crippen LogP contribution < -0.4 is 5.32 Å². The molecular weight excluding hydrogens is 367 g/mol. The van der Waals surface area contributed by atoms with Gasteiger partial charge in [0.2, 0.25) is 0 Å². The molecule has 2 aromatic carbocycles. The fraction of sp³-hybridized carbons (Fsp3) is 0.176. The van der Waals surface area contributed by atoms with E-state index in [2.05, 4.69) is 10.3 Å². The highest BCUT2D eigenvalue weighted by Crippen LogP contribution is 2.31. The molecule has 0 radical (unpaired) electrons. The SMILES string of the molecule is FC(F)(F)c1cccc(NC(=S)N2CCSC2=Nc2ccccc2)c1. The van der Waals surface area contributed by atoms with Crippen molar-refractivity contribution in [2.24, 2.45) is 4.99 Å². The first-order valence-electron chi connectivity index (χ1n) is 7.46. The standard InChI is InChI=1S/C17H14F3N3S2/c18-17(19,20)12-5-4-8-14(11-12)21-15(24)23-9-10-25-16(23)22-13-6-2-1-3-7-13/h1-8,11H,9-10H2,(H,21,24). The topological polar surface area (TPSA) is 27.6 Å². The second-order valence-corrected chi connectivity index (χ2v) is 6.69. The van der Waals surface area contributed by atoms with E-state index in [1.165, 1.54) is 6.07 Å². The van der Waals surface area contributed by atoms with Crippen LogP contribution >= 0.6 is 24.0 Å². The number of rotatable bonds is 2. The predicted octanol–water partition coefficient (Wildman–Crippen LogP) is 5.14. The van der Waals surface area contributed by atoms with Crippen molar-refractivity contribution in [1.82, 2.24) is 4.90 Å². The number of aliphatic imine (C=N–C) groups is 1. The molecule has 0 bridgehead atoms. The summed E-state index contributed by atoms with van der Waals surface area (Å²) in [5.74, 6) is 0.816. The van der Waals surface area contributed by atoms with Crippen molar-refractivity contribution in [2.75, 3.05) is 17.6 Å². The minimum absolute atomic E-state index is 0.302. The molecule has 0 atom stereocenters. The number of para-hydroxylation sites is 1. The van der Waals surface area contributed by atoms with Crippen LogP contribution in [0.3, 0.4) is 0 Å². The van der Waals surface area contributed by atoms with E-state index >= 15 is 0 Å². The normalized spacial score (nSPS) is 16.3. The van der Waals surface area contributed by atoms with Gasteiger partial charge >= 0.3 is 6.18 Å². The van der Waals surface area contributed by atoms with Crippen molar-refractivity contribution in [3.05, 3.63) is 60.2 Å². The van der Waals surface area contributed by atoms with Gasteiger partial charge in [0.05, 0.1) is 11.3 Å². The molecule has 0 amide bonds. The van der Waals surface area contributed by atoms with Crippen LogP contribution in [0.1, 0.15) is 5.56 Å². The monoisotopic (exact) mass is 381 g/mol. The minimum Gasteiger partial charge on any atom is -0.332 e. The first-order valence-corrected chi connectivity index (χ1v) is 8.85. The van der Waals surface area contributed by atoms with Gasteiger partial charge in [-0.2, -0.15) is 13.2 Å². The van der Waals surface area contributed by atoms with Crippen molar-refractivity contribution >= 4 is 45.6 Å². The van der Waals surface area contributed by atoms with Crippen LogP contribution in [-0.2, 0) is 6.18 Å². The molecule has 0 unspecified atom stereocenters. The zero-order chi connectivity index (χ0) is 17.9. The number of halogens is 3. The van der Waals surface area contributed by atoms with E-state index < -0.39 is 11.7 Å². The number of hydrogen-bond acceptors (Lipinski definition) is 3. The third-order valence-electron chi connectivity index (χ3n) is 3.44. The number of benzene rings is 2. The highest BCUT2D eigenvalue weighted by molar-refractivity contribution is 8.14. The number of amidine groups is 1. The summed E-state index contributed by atoms with van der Waals surface area (Å²) in [5, 5.41) is 3.94. The van der Waals surface area contributed by atoms with Gasteiger partial charge in [-0.15, -0.1) is 0 Å². The Balaban J connectivity index is 1.76. The third-order valence-corrected chi connectivity index (χ3v) is 4.72. The van der Waals surface area contributed by atoms with Gasteiger partial charge in [0, 0.05) is 18.0 Å². The molecular formula is C17H14F3N3S2. The van der Waals surface area contributed by atoms with E-state index in [1.807, 2.05) is 30.3 Å². The van der Waals surface area contributed by atoms with Gasteiger partial charge in [-0.3, -0.25) is 4.90 Å². The summed E-state index contributed by atoms with van der Waals surface area (Å²) in [4.78, 5) is 6.36. The van der Waals surface area contributed by atoms with Crippen molar-refractivity contribution in [3.63, 3.8) is 0 Å². The van der Waals surface area contributed by atoms with Gasteiger partial charge in [0.1, 0.15) is 0 Å². The van der Waals surface area contributed by atoms with E-state index in [0.29, 0.717) is 17.3 Å². The molecule has 3 nitrogen and oxygen atoms in total. The molecule has 0 spiro atoms. The fourth-order valence-corrected chi connectivity index (χ4v) is 3.58. The number of alkyl halides is 3. The third kappa shape index (κ3) is 4.52. The molecule has 3 rings (SSSR count). The molecule has 0 aliphatic carbocycles. The van der Waals surface area contributed by atoms with Crippen LogP contribution in [0.5, 0.6) is 0 Å². The number of nitrogens with one attached hydrogen (secondary N) is 1. The Morgan fingerprint density at radius 1 is 1.12 bits per heavy atom. The number of thiocarbonyl (C=S) groups is 1. The lowest BCUT2D eigenvalue weighted by atomic mass is 10.2. The molecule has 1 aliphatic rings. The van der Waals surface area contributed by atoms with E-state index in [9.17, 15) is 13.2 Å². The summed E-state index contributed by atoms with van der Waals surface area (Å²) in [7, 11) is 0.